The molecule has 3 heteroatoms. The minimum Gasteiger partial charge on any atom is -0.322 e. The molecular formula is C7H9NOS. The molecule has 0 N–H and O–H groups in total. The van der Waals surface area contributed by atoms with E-state index < -0.39 is 0 Å². The van der Waals surface area contributed by atoms with E-state index in [4.69, 9.17) is 12.2 Å². The highest BCUT2D eigenvalue weighted by Crippen LogP contribution is 2.10. The maximum absolute atomic E-state index is 11.1. The maximum atomic E-state index is 11.1. The van der Waals surface area contributed by atoms with Crippen molar-refractivity contribution in [2.24, 2.45) is 5.92 Å². The molecule has 0 fully saturated rings. The second-order valence-electron chi connectivity index (χ2n) is 2.39. The number of hydrogen-bond donors (Lipinski definition) is 0. The summed E-state index contributed by atoms with van der Waals surface area (Å²) in [6, 6.07) is 0. The average molecular weight is 155 g/mol. The van der Waals surface area contributed by atoms with Crippen molar-refractivity contribution in [1.29, 1.82) is 0 Å². The molecule has 1 heterocycles. The van der Waals surface area contributed by atoms with Crippen LogP contribution >= 0.6 is 12.2 Å². The molecule has 0 aromatic rings. The largest absolute Gasteiger partial charge is 0.322 e. The summed E-state index contributed by atoms with van der Waals surface area (Å²) in [5.74, 6) is -0.0440. The molecule has 2 nitrogen and oxygen atoms in total. The Bertz CT molecular complexity index is 210. The van der Waals surface area contributed by atoms with E-state index in [0.717, 1.165) is 4.86 Å². The van der Waals surface area contributed by atoms with Crippen molar-refractivity contribution in [2.45, 2.75) is 6.92 Å². The van der Waals surface area contributed by atoms with Gasteiger partial charge >= 0.3 is 0 Å². The molecule has 1 amide bonds. The van der Waals surface area contributed by atoms with Gasteiger partial charge in [0.05, 0.1) is 5.92 Å². The molecule has 1 rings (SSSR count). The third-order valence-corrected chi connectivity index (χ3v) is 2.10. The molecule has 1 unspecified atom stereocenters. The monoisotopic (exact) mass is 155 g/mol. The van der Waals surface area contributed by atoms with Crippen LogP contribution in [0, 0.1) is 5.92 Å². The van der Waals surface area contributed by atoms with Crippen LogP contribution in [-0.2, 0) is 4.79 Å². The number of hydrogen-bond acceptors (Lipinski definition) is 2. The lowest BCUT2D eigenvalue weighted by atomic mass is 10.0. The van der Waals surface area contributed by atoms with Crippen LogP contribution in [0.15, 0.2) is 12.3 Å². The summed E-state index contributed by atoms with van der Waals surface area (Å²) >= 11 is 4.92. The quantitative estimate of drug-likeness (QED) is 0.486. The van der Waals surface area contributed by atoms with Gasteiger partial charge in [0.15, 0.2) is 0 Å². The number of rotatable bonds is 0. The normalized spacial score (nSPS) is 25.8. The smallest absolute Gasteiger partial charge is 0.234 e. The number of nitrogens with zero attached hydrogens (tertiary/aromatic N) is 1. The summed E-state index contributed by atoms with van der Waals surface area (Å²) in [6.07, 6.45) is 3.49. The van der Waals surface area contributed by atoms with Crippen molar-refractivity contribution in [1.82, 2.24) is 4.90 Å². The van der Waals surface area contributed by atoms with Crippen LogP contribution in [0.1, 0.15) is 6.92 Å². The number of thiocarbonyl (C=S) groups is 1. The second kappa shape index (κ2) is 2.50. The zero-order valence-electron chi connectivity index (χ0n) is 6.00. The van der Waals surface area contributed by atoms with E-state index in [9.17, 15) is 4.79 Å². The van der Waals surface area contributed by atoms with E-state index in [1.54, 1.807) is 24.2 Å². The summed E-state index contributed by atoms with van der Waals surface area (Å²) in [7, 11) is 1.73. The Kier molecular flexibility index (Phi) is 1.85. The Morgan fingerprint density at radius 1 is 1.70 bits per heavy atom. The molecular weight excluding hydrogens is 146 g/mol. The Labute approximate surface area is 65.5 Å². The highest BCUT2D eigenvalue weighted by atomic mass is 32.1. The molecule has 0 spiro atoms. The molecule has 1 aliphatic heterocycles. The van der Waals surface area contributed by atoms with Crippen LogP contribution in [0.25, 0.3) is 0 Å². The molecule has 0 saturated heterocycles. The van der Waals surface area contributed by atoms with Gasteiger partial charge in [0.25, 0.3) is 0 Å². The number of carbonyl (C=O) groups excluding carboxylic acids is 1. The predicted molar refractivity (Wildman–Crippen MR) is 43.7 cm³/mol. The second-order valence-corrected chi connectivity index (χ2v) is 2.86. The van der Waals surface area contributed by atoms with Crippen LogP contribution in [0.2, 0.25) is 0 Å². The van der Waals surface area contributed by atoms with E-state index in [1.165, 1.54) is 0 Å². The third-order valence-electron chi connectivity index (χ3n) is 1.61. The highest BCUT2D eigenvalue weighted by Gasteiger charge is 2.22. The minimum absolute atomic E-state index is 0.0764. The first-order valence-electron chi connectivity index (χ1n) is 3.11. The molecule has 54 valence electrons. The van der Waals surface area contributed by atoms with Crippen molar-refractivity contribution in [3.05, 3.63) is 12.3 Å². The average Bonchev–Trinajstić information content (AvgIpc) is 1.93. The number of carbonyl (C=O) groups is 1. The van der Waals surface area contributed by atoms with Crippen LogP contribution in [0.5, 0.6) is 0 Å². The Balaban J connectivity index is 2.89. The van der Waals surface area contributed by atoms with Crippen LogP contribution < -0.4 is 0 Å². The van der Waals surface area contributed by atoms with Crippen molar-refractivity contribution in [2.75, 3.05) is 7.05 Å². The molecule has 0 aliphatic carbocycles. The maximum Gasteiger partial charge on any atom is 0.234 e. The van der Waals surface area contributed by atoms with Gasteiger partial charge in [-0.2, -0.15) is 0 Å². The first-order valence-corrected chi connectivity index (χ1v) is 3.52. The topological polar surface area (TPSA) is 20.3 Å². The first-order chi connectivity index (χ1) is 4.63. The lowest BCUT2D eigenvalue weighted by molar-refractivity contribution is -0.129. The van der Waals surface area contributed by atoms with Gasteiger partial charge in [0.1, 0.15) is 0 Å². The lowest BCUT2D eigenvalue weighted by Gasteiger charge is -2.21. The van der Waals surface area contributed by atoms with Gasteiger partial charge in [-0.1, -0.05) is 12.2 Å². The Morgan fingerprint density at radius 2 is 2.30 bits per heavy atom. The van der Waals surface area contributed by atoms with Crippen molar-refractivity contribution < 1.29 is 4.79 Å². The zero-order chi connectivity index (χ0) is 7.72. The standard InChI is InChI=1S/C7H9NOS/c1-5-6(10)3-4-8(2)7(5)9/h3-5H,1-2H3. The summed E-state index contributed by atoms with van der Waals surface area (Å²) < 4.78 is 0. The first kappa shape index (κ1) is 7.41. The summed E-state index contributed by atoms with van der Waals surface area (Å²) in [6.45, 7) is 1.82. The van der Waals surface area contributed by atoms with E-state index in [-0.39, 0.29) is 11.8 Å². The number of amides is 1. The molecule has 1 atom stereocenters. The Morgan fingerprint density at radius 3 is 2.80 bits per heavy atom. The highest BCUT2D eigenvalue weighted by molar-refractivity contribution is 7.80. The van der Waals surface area contributed by atoms with E-state index >= 15 is 0 Å². The van der Waals surface area contributed by atoms with Gasteiger partial charge in [-0.3, -0.25) is 4.79 Å². The van der Waals surface area contributed by atoms with Crippen molar-refractivity contribution in [3.63, 3.8) is 0 Å². The van der Waals surface area contributed by atoms with E-state index in [0.29, 0.717) is 0 Å². The van der Waals surface area contributed by atoms with Gasteiger partial charge < -0.3 is 4.90 Å². The SMILES string of the molecule is CC1C(=O)N(C)C=CC1=S. The van der Waals surface area contributed by atoms with Crippen molar-refractivity contribution >= 4 is 23.0 Å². The van der Waals surface area contributed by atoms with Gasteiger partial charge in [0, 0.05) is 18.1 Å². The fourth-order valence-corrected chi connectivity index (χ4v) is 0.992. The van der Waals surface area contributed by atoms with E-state index in [2.05, 4.69) is 0 Å². The minimum atomic E-state index is -0.120. The fraction of sp³-hybridized carbons (Fsp3) is 0.429. The van der Waals surface area contributed by atoms with Crippen molar-refractivity contribution in [3.8, 4) is 0 Å². The summed E-state index contributed by atoms with van der Waals surface area (Å²) in [4.78, 5) is 13.4. The molecule has 0 saturated carbocycles. The molecule has 10 heavy (non-hydrogen) atoms. The summed E-state index contributed by atoms with van der Waals surface area (Å²) in [5.41, 5.74) is 0. The Hall–Kier alpha value is -0.700. The van der Waals surface area contributed by atoms with Crippen LogP contribution in [0.3, 0.4) is 0 Å². The van der Waals surface area contributed by atoms with Gasteiger partial charge in [-0.15, -0.1) is 0 Å². The van der Waals surface area contributed by atoms with Crippen LogP contribution in [0.4, 0.5) is 0 Å². The lowest BCUT2D eigenvalue weighted by Crippen LogP contribution is -2.34. The van der Waals surface area contributed by atoms with E-state index in [1.807, 2.05) is 6.92 Å². The molecule has 1 aliphatic rings. The number of allylic oxidation sites excluding steroid dienone is 1. The van der Waals surface area contributed by atoms with Gasteiger partial charge in [0.2, 0.25) is 5.91 Å². The molecule has 0 bridgehead atoms. The van der Waals surface area contributed by atoms with Gasteiger partial charge in [-0.05, 0) is 13.0 Å². The predicted octanol–water partition coefficient (Wildman–Crippen LogP) is 0.978. The summed E-state index contributed by atoms with van der Waals surface area (Å²) in [5, 5.41) is 0. The van der Waals surface area contributed by atoms with Crippen LogP contribution in [-0.4, -0.2) is 22.7 Å². The zero-order valence-corrected chi connectivity index (χ0v) is 6.81. The molecule has 0 radical (unpaired) electrons. The fourth-order valence-electron chi connectivity index (χ4n) is 0.830. The van der Waals surface area contributed by atoms with Gasteiger partial charge in [-0.25, -0.2) is 0 Å². The molecule has 0 aromatic heterocycles. The third kappa shape index (κ3) is 1.09. The molecule has 0 aromatic carbocycles.